The Kier molecular flexibility index (Phi) is 4.98. The lowest BCUT2D eigenvalue weighted by Gasteiger charge is -2.41. The molecule has 2 aromatic rings. The van der Waals surface area contributed by atoms with Crippen molar-refractivity contribution in [2.45, 2.75) is 45.5 Å². The fraction of sp³-hybridized carbons (Fsp3) is 0.545. The van der Waals surface area contributed by atoms with Crippen molar-refractivity contribution < 1.29 is 18.0 Å². The average Bonchev–Trinajstić information content (AvgIpc) is 2.98. The maximum Gasteiger partial charge on any atom is 0.433 e. The Morgan fingerprint density at radius 2 is 1.94 bits per heavy atom. The molecule has 0 aliphatic carbocycles. The fourth-order valence-electron chi connectivity index (χ4n) is 4.74. The molecule has 0 saturated carbocycles. The zero-order valence-electron chi connectivity index (χ0n) is 18.1. The van der Waals surface area contributed by atoms with Crippen molar-refractivity contribution >= 4 is 17.4 Å². The lowest BCUT2D eigenvalue weighted by atomic mass is 9.94. The third-order valence-electron chi connectivity index (χ3n) is 6.62. The number of hydrogen-bond acceptors (Lipinski definition) is 6. The van der Waals surface area contributed by atoms with E-state index in [4.69, 9.17) is 0 Å². The van der Waals surface area contributed by atoms with Gasteiger partial charge >= 0.3 is 6.18 Å². The molecule has 0 bridgehead atoms. The van der Waals surface area contributed by atoms with Gasteiger partial charge in [-0.2, -0.15) is 13.2 Å². The van der Waals surface area contributed by atoms with Gasteiger partial charge in [-0.05, 0) is 32.4 Å². The summed E-state index contributed by atoms with van der Waals surface area (Å²) in [6.07, 6.45) is -1.77. The second-order valence-electron chi connectivity index (χ2n) is 8.87. The molecule has 0 N–H and O–H groups in total. The Morgan fingerprint density at radius 3 is 2.59 bits per heavy atom. The first-order valence-electron chi connectivity index (χ1n) is 10.9. The largest absolute Gasteiger partial charge is 0.433 e. The number of nitrogens with zero attached hydrogens (tertiary/aromatic N) is 6. The molecular formula is C22H25F3N6O. The first-order valence-corrected chi connectivity index (χ1v) is 10.9. The monoisotopic (exact) mass is 446 g/mol. The highest BCUT2D eigenvalue weighted by atomic mass is 19.4. The van der Waals surface area contributed by atoms with Crippen LogP contribution in [-0.2, 0) is 17.5 Å². The number of alkyl halides is 3. The van der Waals surface area contributed by atoms with E-state index < -0.39 is 11.9 Å². The lowest BCUT2D eigenvalue weighted by molar-refractivity contribution is -0.141. The van der Waals surface area contributed by atoms with Crippen LogP contribution in [0.4, 0.5) is 24.7 Å². The summed E-state index contributed by atoms with van der Waals surface area (Å²) in [4.78, 5) is 31.7. The Bertz CT molecular complexity index is 1050. The SMILES string of the molecule is Cc1nc2c(c(N3CCC3)n1)C(C)N(C(=O)CC1CN(c3ccnc(C(F)(F)F)c3)C1)C2. The molecular weight excluding hydrogens is 421 g/mol. The first kappa shape index (κ1) is 21.0. The number of amides is 1. The zero-order chi connectivity index (χ0) is 22.6. The van der Waals surface area contributed by atoms with E-state index in [1.165, 1.54) is 6.20 Å². The number of halogens is 3. The Morgan fingerprint density at radius 1 is 1.19 bits per heavy atom. The van der Waals surface area contributed by atoms with Crippen molar-refractivity contribution in [1.29, 1.82) is 0 Å². The maximum atomic E-state index is 13.1. The van der Waals surface area contributed by atoms with Crippen LogP contribution in [-0.4, -0.2) is 51.9 Å². The summed E-state index contributed by atoms with van der Waals surface area (Å²) in [6, 6.07) is 2.56. The van der Waals surface area contributed by atoms with E-state index in [0.717, 1.165) is 48.5 Å². The third-order valence-corrected chi connectivity index (χ3v) is 6.62. The molecule has 5 heterocycles. The van der Waals surface area contributed by atoms with Crippen molar-refractivity contribution in [2.75, 3.05) is 36.0 Å². The van der Waals surface area contributed by atoms with Gasteiger partial charge in [0.25, 0.3) is 0 Å². The molecule has 1 atom stereocenters. The number of carbonyl (C=O) groups is 1. The van der Waals surface area contributed by atoms with Gasteiger partial charge in [-0.15, -0.1) is 0 Å². The molecule has 10 heteroatoms. The van der Waals surface area contributed by atoms with Crippen LogP contribution in [0.3, 0.4) is 0 Å². The number of carbonyl (C=O) groups excluding carboxylic acids is 1. The molecule has 1 amide bonds. The van der Waals surface area contributed by atoms with Gasteiger partial charge in [0.15, 0.2) is 0 Å². The fourth-order valence-corrected chi connectivity index (χ4v) is 4.74. The van der Waals surface area contributed by atoms with Crippen LogP contribution in [0.2, 0.25) is 0 Å². The highest BCUT2D eigenvalue weighted by Gasteiger charge is 2.39. The summed E-state index contributed by atoms with van der Waals surface area (Å²) in [5.41, 5.74) is 1.57. The summed E-state index contributed by atoms with van der Waals surface area (Å²) in [7, 11) is 0. The maximum absolute atomic E-state index is 13.1. The number of pyridine rings is 1. The van der Waals surface area contributed by atoms with Crippen molar-refractivity contribution in [3.05, 3.63) is 41.1 Å². The summed E-state index contributed by atoms with van der Waals surface area (Å²) >= 11 is 0. The third kappa shape index (κ3) is 3.65. The van der Waals surface area contributed by atoms with Crippen molar-refractivity contribution in [1.82, 2.24) is 19.9 Å². The van der Waals surface area contributed by atoms with Gasteiger partial charge in [-0.3, -0.25) is 9.78 Å². The van der Waals surface area contributed by atoms with E-state index in [0.29, 0.717) is 31.7 Å². The van der Waals surface area contributed by atoms with Crippen molar-refractivity contribution in [3.8, 4) is 0 Å². The highest BCUT2D eigenvalue weighted by molar-refractivity contribution is 5.79. The van der Waals surface area contributed by atoms with Crippen LogP contribution in [0.1, 0.15) is 48.6 Å². The minimum atomic E-state index is -4.46. The molecule has 1 unspecified atom stereocenters. The molecule has 5 rings (SSSR count). The molecule has 2 saturated heterocycles. The summed E-state index contributed by atoms with van der Waals surface area (Å²) < 4.78 is 38.7. The quantitative estimate of drug-likeness (QED) is 0.718. The summed E-state index contributed by atoms with van der Waals surface area (Å²) in [5.74, 6) is 1.84. The first-order chi connectivity index (χ1) is 15.2. The van der Waals surface area contributed by atoms with Gasteiger partial charge in [-0.1, -0.05) is 0 Å². The molecule has 32 heavy (non-hydrogen) atoms. The van der Waals surface area contributed by atoms with Gasteiger partial charge in [-0.25, -0.2) is 9.97 Å². The average molecular weight is 446 g/mol. The van der Waals surface area contributed by atoms with Gasteiger partial charge in [0.2, 0.25) is 5.91 Å². The molecule has 3 aliphatic heterocycles. The molecule has 3 aliphatic rings. The van der Waals surface area contributed by atoms with E-state index in [1.54, 1.807) is 6.07 Å². The minimum absolute atomic E-state index is 0.0538. The van der Waals surface area contributed by atoms with Crippen LogP contribution in [0.5, 0.6) is 0 Å². The second kappa shape index (κ2) is 7.60. The molecule has 0 spiro atoms. The van der Waals surface area contributed by atoms with Gasteiger partial charge < -0.3 is 14.7 Å². The van der Waals surface area contributed by atoms with E-state index in [9.17, 15) is 18.0 Å². The van der Waals surface area contributed by atoms with Gasteiger partial charge in [0.05, 0.1) is 18.3 Å². The van der Waals surface area contributed by atoms with Crippen LogP contribution in [0.15, 0.2) is 18.3 Å². The number of aromatic nitrogens is 3. The van der Waals surface area contributed by atoms with E-state index in [2.05, 4.69) is 19.9 Å². The summed E-state index contributed by atoms with van der Waals surface area (Å²) in [6.45, 7) is 7.45. The molecule has 170 valence electrons. The van der Waals surface area contributed by atoms with Gasteiger partial charge in [0.1, 0.15) is 17.3 Å². The number of hydrogen-bond donors (Lipinski definition) is 0. The van der Waals surface area contributed by atoms with E-state index >= 15 is 0 Å². The minimum Gasteiger partial charge on any atom is -0.371 e. The Hall–Kier alpha value is -2.91. The highest BCUT2D eigenvalue weighted by Crippen LogP contribution is 2.40. The van der Waals surface area contributed by atoms with Crippen molar-refractivity contribution in [2.24, 2.45) is 5.92 Å². The normalized spacial score (nSPS) is 20.8. The predicted molar refractivity (Wildman–Crippen MR) is 112 cm³/mol. The lowest BCUT2D eigenvalue weighted by Crippen LogP contribution is -2.49. The van der Waals surface area contributed by atoms with Crippen molar-refractivity contribution in [3.63, 3.8) is 0 Å². The predicted octanol–water partition coefficient (Wildman–Crippen LogP) is 3.34. The molecule has 2 fully saturated rings. The second-order valence-corrected chi connectivity index (χ2v) is 8.87. The molecule has 0 radical (unpaired) electrons. The van der Waals surface area contributed by atoms with Gasteiger partial charge in [0, 0.05) is 56.0 Å². The number of aryl methyl sites for hydroxylation is 1. The molecule has 2 aromatic heterocycles. The number of anilines is 2. The number of rotatable bonds is 4. The Labute approximate surface area is 184 Å². The van der Waals surface area contributed by atoms with Crippen LogP contribution in [0.25, 0.3) is 0 Å². The van der Waals surface area contributed by atoms with Crippen LogP contribution >= 0.6 is 0 Å². The molecule has 0 aromatic carbocycles. The number of fused-ring (bicyclic) bond motifs is 1. The Balaban J connectivity index is 1.22. The zero-order valence-corrected chi connectivity index (χ0v) is 18.1. The van der Waals surface area contributed by atoms with E-state index in [-0.39, 0.29) is 17.9 Å². The topological polar surface area (TPSA) is 65.5 Å². The standard InChI is InChI=1S/C22H25F3N6O/c1-13-20-17(27-14(2)28-21(20)29-6-3-7-29)12-31(13)19(32)8-15-10-30(11-15)16-4-5-26-18(9-16)22(23,24)25/h4-5,9,13,15H,3,6-8,10-12H2,1-2H3. The van der Waals surface area contributed by atoms with Crippen LogP contribution < -0.4 is 9.80 Å². The smallest absolute Gasteiger partial charge is 0.371 e. The van der Waals surface area contributed by atoms with Crippen LogP contribution in [0, 0.1) is 12.8 Å². The molecule has 7 nitrogen and oxygen atoms in total. The van der Waals surface area contributed by atoms with E-state index in [1.807, 2.05) is 23.6 Å². The summed E-state index contributed by atoms with van der Waals surface area (Å²) in [5, 5.41) is 0.